The van der Waals surface area contributed by atoms with Crippen molar-refractivity contribution in [3.05, 3.63) is 22.7 Å². The van der Waals surface area contributed by atoms with Gasteiger partial charge < -0.3 is 20.7 Å². The second-order valence-electron chi connectivity index (χ2n) is 7.18. The van der Waals surface area contributed by atoms with E-state index in [1.54, 1.807) is 12.1 Å². The predicted molar refractivity (Wildman–Crippen MR) is 112 cm³/mol. The maximum atomic E-state index is 12.9. The van der Waals surface area contributed by atoms with Crippen molar-refractivity contribution in [3.63, 3.8) is 0 Å². The number of nitrogen functional groups attached to an aromatic ring is 1. The van der Waals surface area contributed by atoms with Crippen molar-refractivity contribution < 1.29 is 9.53 Å². The molecule has 2 aliphatic rings. The highest BCUT2D eigenvalue weighted by Gasteiger charge is 2.41. The zero-order valence-electron chi connectivity index (χ0n) is 15.8. The van der Waals surface area contributed by atoms with Gasteiger partial charge in [0.05, 0.1) is 16.3 Å². The lowest BCUT2D eigenvalue weighted by molar-refractivity contribution is 0.0858. The Labute approximate surface area is 172 Å². The average Bonchev–Trinajstić information content (AvgIpc) is 2.84. The molecule has 1 aromatic rings. The predicted octanol–water partition coefficient (Wildman–Crippen LogP) is 3.21. The van der Waals surface area contributed by atoms with Crippen LogP contribution in [0.15, 0.2) is 12.1 Å². The van der Waals surface area contributed by atoms with Crippen LogP contribution in [0.3, 0.4) is 0 Å². The van der Waals surface area contributed by atoms with Crippen LogP contribution in [0.25, 0.3) is 0 Å². The topological polar surface area (TPSA) is 67.6 Å². The molecule has 2 atom stereocenters. The van der Waals surface area contributed by atoms with E-state index < -0.39 is 0 Å². The van der Waals surface area contributed by atoms with Crippen LogP contribution in [0.5, 0.6) is 5.75 Å². The summed E-state index contributed by atoms with van der Waals surface area (Å²) >= 11 is 6.15. The number of nitrogens with two attached hydrogens (primary N) is 1. The van der Waals surface area contributed by atoms with Crippen molar-refractivity contribution in [2.45, 2.75) is 32.2 Å². The van der Waals surface area contributed by atoms with Gasteiger partial charge in [0.1, 0.15) is 12.4 Å². The van der Waals surface area contributed by atoms with E-state index in [4.69, 9.17) is 22.1 Å². The van der Waals surface area contributed by atoms with Crippen molar-refractivity contribution in [3.8, 4) is 17.6 Å². The Hall–Kier alpha value is -1.61. The molecule has 5 nitrogen and oxygen atoms in total. The highest BCUT2D eigenvalue weighted by molar-refractivity contribution is 6.33. The average molecular weight is 412 g/mol. The summed E-state index contributed by atoms with van der Waals surface area (Å²) in [6.07, 6.45) is 3.09. The number of anilines is 1. The van der Waals surface area contributed by atoms with Crippen LogP contribution < -0.4 is 15.8 Å². The molecule has 0 radical (unpaired) electrons. The molecule has 2 bridgehead atoms. The number of likely N-dealkylation sites (tertiary alicyclic amines) is 1. The third-order valence-electron chi connectivity index (χ3n) is 5.26. The van der Waals surface area contributed by atoms with E-state index >= 15 is 0 Å². The van der Waals surface area contributed by atoms with E-state index in [0.717, 1.165) is 19.5 Å². The number of amides is 1. The lowest BCUT2D eigenvalue weighted by atomic mass is 9.92. The minimum Gasteiger partial charge on any atom is -0.480 e. The minimum absolute atomic E-state index is 0. The van der Waals surface area contributed by atoms with Crippen LogP contribution in [0, 0.1) is 23.7 Å². The first-order valence-corrected chi connectivity index (χ1v) is 9.54. The summed E-state index contributed by atoms with van der Waals surface area (Å²) in [6.45, 7) is 4.25. The summed E-state index contributed by atoms with van der Waals surface area (Å²) in [5.74, 6) is 7.14. The number of carbonyl (C=O) groups excluding carboxylic acids is 1. The molecule has 1 heterocycles. The van der Waals surface area contributed by atoms with Crippen molar-refractivity contribution in [2.75, 3.05) is 32.5 Å². The number of hydrogen-bond acceptors (Lipinski definition) is 4. The molecule has 2 fully saturated rings. The highest BCUT2D eigenvalue weighted by Crippen LogP contribution is 2.37. The summed E-state index contributed by atoms with van der Waals surface area (Å²) in [4.78, 5) is 15.3. The molecule has 1 saturated heterocycles. The Morgan fingerprint density at radius 3 is 2.63 bits per heavy atom. The lowest BCUT2D eigenvalue weighted by Crippen LogP contribution is -2.51. The first kappa shape index (κ1) is 21.7. The third kappa shape index (κ3) is 5.01. The molecule has 3 N–H and O–H groups in total. The monoisotopic (exact) mass is 411 g/mol. The van der Waals surface area contributed by atoms with Crippen molar-refractivity contribution in [1.29, 1.82) is 0 Å². The number of halogens is 2. The molecule has 27 heavy (non-hydrogen) atoms. The van der Waals surface area contributed by atoms with Gasteiger partial charge in [0.25, 0.3) is 5.91 Å². The fourth-order valence-electron chi connectivity index (χ4n) is 4.08. The van der Waals surface area contributed by atoms with Gasteiger partial charge in [-0.25, -0.2) is 0 Å². The second-order valence-corrected chi connectivity index (χ2v) is 7.59. The van der Waals surface area contributed by atoms with Crippen LogP contribution >= 0.6 is 24.0 Å². The van der Waals surface area contributed by atoms with Gasteiger partial charge in [-0.15, -0.1) is 18.3 Å². The summed E-state index contributed by atoms with van der Waals surface area (Å²) in [7, 11) is 2.15. The van der Waals surface area contributed by atoms with Gasteiger partial charge in [-0.1, -0.05) is 24.4 Å². The van der Waals surface area contributed by atoms with Crippen LogP contribution in [0.4, 0.5) is 5.69 Å². The molecular formula is C20H27Cl2N3O2. The molecule has 1 aliphatic heterocycles. The number of hydrogen-bond donors (Lipinski definition) is 2. The Morgan fingerprint density at radius 1 is 1.33 bits per heavy atom. The minimum atomic E-state index is -0.156. The van der Waals surface area contributed by atoms with Gasteiger partial charge in [0.2, 0.25) is 0 Å². The number of nitrogens with one attached hydrogen (secondary N) is 1. The number of fused-ring (bicyclic) bond motifs is 2. The number of piperidine rings is 1. The Balaban J connectivity index is 0.00000261. The molecule has 1 aromatic carbocycles. The third-order valence-corrected chi connectivity index (χ3v) is 5.59. The van der Waals surface area contributed by atoms with Gasteiger partial charge in [-0.3, -0.25) is 4.79 Å². The zero-order chi connectivity index (χ0) is 18.7. The van der Waals surface area contributed by atoms with Gasteiger partial charge in [-0.05, 0) is 37.8 Å². The van der Waals surface area contributed by atoms with E-state index in [1.165, 1.54) is 12.8 Å². The van der Waals surface area contributed by atoms with Gasteiger partial charge in [0.15, 0.2) is 0 Å². The van der Waals surface area contributed by atoms with Crippen molar-refractivity contribution in [1.82, 2.24) is 10.2 Å². The second kappa shape index (κ2) is 9.54. The van der Waals surface area contributed by atoms with Crippen molar-refractivity contribution >= 4 is 35.6 Å². The van der Waals surface area contributed by atoms with Crippen LogP contribution in [0.1, 0.15) is 36.5 Å². The van der Waals surface area contributed by atoms with Crippen LogP contribution in [-0.4, -0.2) is 43.6 Å². The van der Waals surface area contributed by atoms with E-state index in [9.17, 15) is 4.79 Å². The van der Waals surface area contributed by atoms with Crippen molar-refractivity contribution in [2.24, 2.45) is 11.8 Å². The molecule has 3 rings (SSSR count). The number of carbonyl (C=O) groups is 1. The molecule has 0 spiro atoms. The van der Waals surface area contributed by atoms with Gasteiger partial charge in [0, 0.05) is 31.6 Å². The molecule has 1 amide bonds. The quantitative estimate of drug-likeness (QED) is 0.589. The normalized spacial score (nSPS) is 23.7. The standard InChI is InChI=1S/C20H26ClN3O2.ClH/c1-3-4-5-8-26-18-10-17(22)16(21)9-15(18)20(25)23-19-13-6-7-14(19)12-24(2)11-13;/h9-10,13-14,19H,3,6-8,11-12,22H2,1-2H3,(H,23,25);1H. The van der Waals surface area contributed by atoms with E-state index in [-0.39, 0.29) is 31.0 Å². The molecule has 0 aromatic heterocycles. The Kier molecular flexibility index (Phi) is 7.67. The first-order valence-electron chi connectivity index (χ1n) is 9.16. The lowest BCUT2D eigenvalue weighted by Gasteiger charge is -2.36. The summed E-state index contributed by atoms with van der Waals surface area (Å²) in [6, 6.07) is 3.41. The summed E-state index contributed by atoms with van der Waals surface area (Å²) in [5.41, 5.74) is 6.70. The fourth-order valence-corrected chi connectivity index (χ4v) is 4.24. The zero-order valence-corrected chi connectivity index (χ0v) is 17.3. The molecule has 1 aliphatic carbocycles. The molecule has 7 heteroatoms. The fraction of sp³-hybridized carbons (Fsp3) is 0.550. The Bertz CT molecular complexity index is 731. The van der Waals surface area contributed by atoms with Crippen LogP contribution in [0.2, 0.25) is 5.02 Å². The molecule has 1 saturated carbocycles. The molecule has 2 unspecified atom stereocenters. The highest BCUT2D eigenvalue weighted by atomic mass is 35.5. The van der Waals surface area contributed by atoms with E-state index in [0.29, 0.717) is 33.9 Å². The Morgan fingerprint density at radius 2 is 2.00 bits per heavy atom. The smallest absolute Gasteiger partial charge is 0.255 e. The molecule has 148 valence electrons. The van der Waals surface area contributed by atoms with E-state index in [1.807, 2.05) is 6.92 Å². The van der Waals surface area contributed by atoms with Gasteiger partial charge in [-0.2, -0.15) is 0 Å². The van der Waals surface area contributed by atoms with Gasteiger partial charge >= 0.3 is 0 Å². The largest absolute Gasteiger partial charge is 0.480 e. The maximum absolute atomic E-state index is 12.9. The number of ether oxygens (including phenoxy) is 1. The van der Waals surface area contributed by atoms with E-state index in [2.05, 4.69) is 29.1 Å². The maximum Gasteiger partial charge on any atom is 0.255 e. The SMILES string of the molecule is CCC#CCOc1cc(N)c(Cl)cc1C(=O)NC1C2CCC1CN(C)C2.Cl. The number of nitrogens with zero attached hydrogens (tertiary/aromatic N) is 1. The molecular weight excluding hydrogens is 385 g/mol. The summed E-state index contributed by atoms with van der Waals surface area (Å²) in [5, 5.41) is 3.58. The first-order chi connectivity index (χ1) is 12.5. The summed E-state index contributed by atoms with van der Waals surface area (Å²) < 4.78 is 5.69. The van der Waals surface area contributed by atoms with Crippen LogP contribution in [-0.2, 0) is 0 Å². The number of benzene rings is 1. The number of rotatable bonds is 4.